The number of nitro benzene ring substituents is 1. The Morgan fingerprint density at radius 2 is 1.64 bits per heavy atom. The van der Waals surface area contributed by atoms with E-state index >= 15 is 0 Å². The van der Waals surface area contributed by atoms with Crippen LogP contribution in [0.4, 0.5) is 22.2 Å². The van der Waals surface area contributed by atoms with Crippen molar-refractivity contribution in [1.82, 2.24) is 4.98 Å². The normalized spacial score (nSPS) is 10.3. The molecular formula is C21H19N5O5S2. The Balaban J connectivity index is 1.43. The van der Waals surface area contributed by atoms with Crippen molar-refractivity contribution < 1.29 is 19.3 Å². The summed E-state index contributed by atoms with van der Waals surface area (Å²) in [4.78, 5) is 49.9. The minimum atomic E-state index is -0.531. The van der Waals surface area contributed by atoms with Gasteiger partial charge in [0.05, 0.1) is 16.4 Å². The number of non-ortho nitro benzene ring substituents is 1. The number of rotatable bonds is 9. The van der Waals surface area contributed by atoms with Crippen LogP contribution in [0.25, 0.3) is 0 Å². The number of nitrogens with one attached hydrogen (secondary N) is 3. The van der Waals surface area contributed by atoms with Gasteiger partial charge in [-0.05, 0) is 36.4 Å². The number of aromatic nitrogens is 1. The van der Waals surface area contributed by atoms with Crippen molar-refractivity contribution in [2.24, 2.45) is 0 Å². The van der Waals surface area contributed by atoms with Crippen molar-refractivity contribution in [2.45, 2.75) is 12.7 Å². The van der Waals surface area contributed by atoms with Gasteiger partial charge in [0.1, 0.15) is 0 Å². The van der Waals surface area contributed by atoms with E-state index in [0.29, 0.717) is 22.3 Å². The van der Waals surface area contributed by atoms with Gasteiger partial charge in [-0.15, -0.1) is 23.1 Å². The molecular weight excluding hydrogens is 466 g/mol. The number of nitrogens with zero attached hydrogens (tertiary/aromatic N) is 2. The molecule has 0 aliphatic heterocycles. The second-order valence-electron chi connectivity index (χ2n) is 6.70. The zero-order chi connectivity index (χ0) is 23.8. The minimum Gasteiger partial charge on any atom is -0.326 e. The Bertz CT molecular complexity index is 1160. The van der Waals surface area contributed by atoms with Gasteiger partial charge >= 0.3 is 0 Å². The van der Waals surface area contributed by atoms with Crippen molar-refractivity contribution in [2.75, 3.05) is 21.7 Å². The lowest BCUT2D eigenvalue weighted by Gasteiger charge is -2.06. The topological polar surface area (TPSA) is 143 Å². The highest BCUT2D eigenvalue weighted by atomic mass is 32.2. The molecule has 0 bridgehead atoms. The summed E-state index contributed by atoms with van der Waals surface area (Å²) >= 11 is 2.63. The van der Waals surface area contributed by atoms with Crippen LogP contribution in [0.1, 0.15) is 23.0 Å². The van der Waals surface area contributed by atoms with Gasteiger partial charge in [0.2, 0.25) is 11.8 Å². The number of anilines is 3. The second-order valence-corrected chi connectivity index (χ2v) is 8.55. The number of nitro groups is 1. The number of benzene rings is 2. The predicted octanol–water partition coefficient (Wildman–Crippen LogP) is 4.13. The maximum atomic E-state index is 12.3. The largest absolute Gasteiger partial charge is 0.326 e. The molecule has 0 aliphatic rings. The van der Waals surface area contributed by atoms with Gasteiger partial charge in [-0.3, -0.25) is 29.8 Å². The Hall–Kier alpha value is -3.77. The quantitative estimate of drug-likeness (QED) is 0.305. The first-order chi connectivity index (χ1) is 15.8. The molecule has 0 saturated heterocycles. The molecule has 12 heteroatoms. The standard InChI is InChI=1S/C21H19N5O5S2/c1-13(27)22-15-4-6-16(7-5-15)23-19(28)12-32-10-17-11-33-21(24-17)25-20(29)14-2-8-18(9-3-14)26(30)31/h2-9,11H,10,12H2,1H3,(H,22,27)(H,23,28)(H,24,25,29). The fourth-order valence-corrected chi connectivity index (χ4v) is 4.15. The van der Waals surface area contributed by atoms with E-state index in [9.17, 15) is 24.5 Å². The molecule has 0 saturated carbocycles. The average Bonchev–Trinajstić information content (AvgIpc) is 3.22. The van der Waals surface area contributed by atoms with Crippen LogP contribution in [0.2, 0.25) is 0 Å². The summed E-state index contributed by atoms with van der Waals surface area (Å²) in [5.74, 6) is -0.0512. The van der Waals surface area contributed by atoms with Gasteiger partial charge < -0.3 is 10.6 Å². The van der Waals surface area contributed by atoms with Crippen LogP contribution < -0.4 is 16.0 Å². The van der Waals surface area contributed by atoms with E-state index in [-0.39, 0.29) is 28.8 Å². The van der Waals surface area contributed by atoms with Crippen molar-refractivity contribution in [3.8, 4) is 0 Å². The first-order valence-corrected chi connectivity index (χ1v) is 11.6. The molecule has 3 amide bonds. The lowest BCUT2D eigenvalue weighted by atomic mass is 10.2. The molecule has 3 aromatic rings. The zero-order valence-corrected chi connectivity index (χ0v) is 19.0. The molecule has 0 unspecified atom stereocenters. The fraction of sp³-hybridized carbons (Fsp3) is 0.143. The Morgan fingerprint density at radius 1 is 1.00 bits per heavy atom. The molecule has 33 heavy (non-hydrogen) atoms. The van der Waals surface area contributed by atoms with Gasteiger partial charge in [0.15, 0.2) is 5.13 Å². The second kappa shape index (κ2) is 11.2. The van der Waals surface area contributed by atoms with E-state index < -0.39 is 10.8 Å². The van der Waals surface area contributed by atoms with Gasteiger partial charge in [-0.1, -0.05) is 0 Å². The molecule has 1 heterocycles. The van der Waals surface area contributed by atoms with Crippen LogP contribution in [-0.4, -0.2) is 33.4 Å². The first kappa shape index (κ1) is 23.9. The summed E-state index contributed by atoms with van der Waals surface area (Å²) in [6, 6.07) is 12.1. The molecule has 0 spiro atoms. The Morgan fingerprint density at radius 3 is 2.24 bits per heavy atom. The van der Waals surface area contributed by atoms with Gasteiger partial charge in [0, 0.05) is 47.1 Å². The van der Waals surface area contributed by atoms with Crippen molar-refractivity contribution in [3.05, 3.63) is 75.3 Å². The summed E-state index contributed by atoms with van der Waals surface area (Å²) in [5, 5.41) is 21.0. The summed E-state index contributed by atoms with van der Waals surface area (Å²) in [6.45, 7) is 1.42. The number of thiazole rings is 1. The maximum Gasteiger partial charge on any atom is 0.269 e. The summed E-state index contributed by atoms with van der Waals surface area (Å²) in [7, 11) is 0. The van der Waals surface area contributed by atoms with E-state index in [0.717, 1.165) is 5.69 Å². The highest BCUT2D eigenvalue weighted by molar-refractivity contribution is 7.99. The van der Waals surface area contributed by atoms with Crippen LogP contribution in [0.15, 0.2) is 53.9 Å². The average molecular weight is 486 g/mol. The smallest absolute Gasteiger partial charge is 0.269 e. The SMILES string of the molecule is CC(=O)Nc1ccc(NC(=O)CSCc2csc(NC(=O)c3ccc([N+](=O)[O-])cc3)n2)cc1. The highest BCUT2D eigenvalue weighted by Gasteiger charge is 2.12. The van der Waals surface area contributed by atoms with Crippen molar-refractivity contribution in [1.29, 1.82) is 0 Å². The Labute approximate surface area is 197 Å². The van der Waals surface area contributed by atoms with E-state index in [4.69, 9.17) is 0 Å². The van der Waals surface area contributed by atoms with E-state index in [1.54, 1.807) is 29.6 Å². The summed E-state index contributed by atoms with van der Waals surface area (Å²) in [6.07, 6.45) is 0. The van der Waals surface area contributed by atoms with Gasteiger partial charge in [-0.25, -0.2) is 4.98 Å². The van der Waals surface area contributed by atoms with Gasteiger partial charge in [0.25, 0.3) is 11.6 Å². The van der Waals surface area contributed by atoms with Crippen LogP contribution in [0.5, 0.6) is 0 Å². The van der Waals surface area contributed by atoms with Crippen molar-refractivity contribution >= 4 is 63.0 Å². The third-order valence-corrected chi connectivity index (χ3v) is 5.86. The number of hydrogen-bond donors (Lipinski definition) is 3. The van der Waals surface area contributed by atoms with Crippen LogP contribution >= 0.6 is 23.1 Å². The number of carbonyl (C=O) groups is 3. The first-order valence-electron chi connectivity index (χ1n) is 9.55. The number of amides is 3. The monoisotopic (exact) mass is 485 g/mol. The molecule has 0 aliphatic carbocycles. The minimum absolute atomic E-state index is 0.0915. The highest BCUT2D eigenvalue weighted by Crippen LogP contribution is 2.21. The van der Waals surface area contributed by atoms with Crippen LogP contribution in [0, 0.1) is 10.1 Å². The molecule has 10 nitrogen and oxygen atoms in total. The number of hydrogen-bond acceptors (Lipinski definition) is 8. The molecule has 1 aromatic heterocycles. The van der Waals surface area contributed by atoms with Crippen LogP contribution in [0.3, 0.4) is 0 Å². The number of thioether (sulfide) groups is 1. The lowest BCUT2D eigenvalue weighted by molar-refractivity contribution is -0.384. The predicted molar refractivity (Wildman–Crippen MR) is 129 cm³/mol. The lowest BCUT2D eigenvalue weighted by Crippen LogP contribution is -2.14. The molecule has 3 rings (SSSR count). The Kier molecular flexibility index (Phi) is 8.11. The molecule has 0 radical (unpaired) electrons. The zero-order valence-electron chi connectivity index (χ0n) is 17.4. The van der Waals surface area contributed by atoms with Crippen molar-refractivity contribution in [3.63, 3.8) is 0 Å². The third-order valence-electron chi connectivity index (χ3n) is 4.08. The van der Waals surface area contributed by atoms with Crippen LogP contribution in [-0.2, 0) is 15.3 Å². The van der Waals surface area contributed by atoms with E-state index in [1.165, 1.54) is 54.3 Å². The third kappa shape index (κ3) is 7.40. The molecule has 0 atom stereocenters. The molecule has 0 fully saturated rings. The van der Waals surface area contributed by atoms with E-state index in [1.807, 2.05) is 0 Å². The summed E-state index contributed by atoms with van der Waals surface area (Å²) in [5.41, 5.74) is 2.19. The molecule has 170 valence electrons. The molecule has 3 N–H and O–H groups in total. The fourth-order valence-electron chi connectivity index (χ4n) is 2.62. The van der Waals surface area contributed by atoms with Gasteiger partial charge in [-0.2, -0.15) is 0 Å². The maximum absolute atomic E-state index is 12.3. The molecule has 2 aromatic carbocycles. The number of carbonyl (C=O) groups excluding carboxylic acids is 3. The summed E-state index contributed by atoms with van der Waals surface area (Å²) < 4.78 is 0. The van der Waals surface area contributed by atoms with E-state index in [2.05, 4.69) is 20.9 Å².